The molecule has 0 unspecified atom stereocenters. The maximum absolute atomic E-state index is 4.87. The molecule has 0 aliphatic carbocycles. The fourth-order valence-corrected chi connectivity index (χ4v) is 0.177. The van der Waals surface area contributed by atoms with Crippen molar-refractivity contribution in [3.63, 3.8) is 0 Å². The molecule has 0 aromatic rings. The molecule has 0 bridgehead atoms. The van der Waals surface area contributed by atoms with Crippen LogP contribution in [0.2, 0.25) is 0 Å². The van der Waals surface area contributed by atoms with Gasteiger partial charge in [-0.25, -0.2) is 5.84 Å². The van der Waals surface area contributed by atoms with Crippen molar-refractivity contribution in [1.82, 2.24) is 5.43 Å². The van der Waals surface area contributed by atoms with Crippen LogP contribution in [0.5, 0.6) is 0 Å². The van der Waals surface area contributed by atoms with Gasteiger partial charge < -0.3 is 5.43 Å². The zero-order valence-corrected chi connectivity index (χ0v) is 7.98. The molecule has 6 heteroatoms. The van der Waals surface area contributed by atoms with E-state index in [4.69, 9.17) is 5.84 Å². The molecule has 0 aliphatic heterocycles. The van der Waals surface area contributed by atoms with Crippen LogP contribution in [0.25, 0.3) is 0 Å². The van der Waals surface area contributed by atoms with Crippen LogP contribution in [0, 0.1) is 0 Å². The van der Waals surface area contributed by atoms with Crippen molar-refractivity contribution < 1.29 is 0 Å². The molecule has 0 saturated heterocycles. The lowest BCUT2D eigenvalue weighted by atomic mass is 11.5. The Labute approximate surface area is 74.5 Å². The Morgan fingerprint density at radius 1 is 1.67 bits per heavy atom. The number of rotatable bonds is 0. The van der Waals surface area contributed by atoms with Crippen molar-refractivity contribution in [2.45, 2.75) is 0 Å². The van der Waals surface area contributed by atoms with Crippen molar-refractivity contribution in [1.29, 1.82) is 0 Å². The van der Waals surface area contributed by atoms with Crippen molar-refractivity contribution in [2.24, 2.45) is 5.84 Å². The van der Waals surface area contributed by atoms with Gasteiger partial charge in [-0.05, 0) is 30.7 Å². The molecule has 0 heterocycles. The van der Waals surface area contributed by atoms with Crippen LogP contribution < -0.4 is 11.3 Å². The summed E-state index contributed by atoms with van der Waals surface area (Å²) in [6.07, 6.45) is 1.86. The topological polar surface area (TPSA) is 38.0 Å². The van der Waals surface area contributed by atoms with Gasteiger partial charge in [0, 0.05) is 4.31 Å². The number of thiocarbonyl (C=S) groups is 3. The predicted octanol–water partition coefficient (Wildman–Crippen LogP) is 1.12. The zero-order valence-electron chi connectivity index (χ0n) is 4.71. The number of hydrogen-bond acceptors (Lipinski definition) is 5. The molecule has 0 aromatic heterocycles. The molecule has 0 rings (SSSR count). The Bertz CT molecular complexity index is 100. The molecular weight excluding hydrogens is 192 g/mol. The minimum atomic E-state index is 0.620. The highest BCUT2D eigenvalue weighted by Crippen LogP contribution is 1.89. The van der Waals surface area contributed by atoms with E-state index in [1.165, 1.54) is 11.8 Å². The Morgan fingerprint density at radius 2 is 2.00 bits per heavy atom. The van der Waals surface area contributed by atoms with Gasteiger partial charge in [-0.1, -0.05) is 24.0 Å². The van der Waals surface area contributed by atoms with Gasteiger partial charge in [0.1, 0.15) is 4.32 Å². The van der Waals surface area contributed by atoms with E-state index in [2.05, 4.69) is 42.1 Å². The maximum Gasteiger partial charge on any atom is 0.147 e. The Balaban J connectivity index is 0. The van der Waals surface area contributed by atoms with E-state index in [9.17, 15) is 0 Å². The summed E-state index contributed by atoms with van der Waals surface area (Å²) >= 11 is 13.9. The van der Waals surface area contributed by atoms with Crippen LogP contribution >= 0.6 is 48.4 Å². The molecule has 0 aromatic carbocycles. The third kappa shape index (κ3) is 17.8. The third-order valence-electron chi connectivity index (χ3n) is 0.303. The molecule has 0 fully saturated rings. The summed E-state index contributed by atoms with van der Waals surface area (Å²) in [7, 11) is 0. The molecule has 0 saturated carbocycles. The van der Waals surface area contributed by atoms with Crippen molar-refractivity contribution >= 4 is 57.1 Å². The van der Waals surface area contributed by atoms with Gasteiger partial charge in [-0.3, -0.25) is 0 Å². The summed E-state index contributed by atoms with van der Waals surface area (Å²) in [5.74, 6) is 4.87. The molecule has 0 atom stereocenters. The van der Waals surface area contributed by atoms with Gasteiger partial charge in [-0.15, -0.1) is 0 Å². The Morgan fingerprint density at radius 3 is 2.00 bits per heavy atom. The number of hydrazine groups is 1. The van der Waals surface area contributed by atoms with Gasteiger partial charge in [0.2, 0.25) is 0 Å². The molecular formula is C3H6N2S4. The smallest absolute Gasteiger partial charge is 0.147 e. The minimum Gasteiger partial charge on any atom is -0.309 e. The summed E-state index contributed by atoms with van der Waals surface area (Å²) < 4.78 is 2.54. The zero-order chi connectivity index (χ0) is 7.70. The van der Waals surface area contributed by atoms with Crippen LogP contribution in [0.3, 0.4) is 0 Å². The second-order valence-electron chi connectivity index (χ2n) is 0.719. The molecule has 0 amide bonds. The Hall–Kier alpha value is 0.420. The summed E-state index contributed by atoms with van der Waals surface area (Å²) in [5, 5.41) is 0. The number of nitrogens with one attached hydrogen (secondary N) is 1. The first kappa shape index (κ1) is 12.1. The minimum absolute atomic E-state index is 0.620. The van der Waals surface area contributed by atoms with Gasteiger partial charge in [-0.2, -0.15) is 0 Å². The van der Waals surface area contributed by atoms with Crippen LogP contribution in [0.4, 0.5) is 0 Å². The molecule has 52 valence electrons. The summed E-state index contributed by atoms with van der Waals surface area (Å²) in [6, 6.07) is 0. The summed E-state index contributed by atoms with van der Waals surface area (Å²) in [6.45, 7) is 0. The van der Waals surface area contributed by atoms with E-state index in [-0.39, 0.29) is 0 Å². The quantitative estimate of drug-likeness (QED) is 0.345. The number of thioether (sulfide) groups is 1. The fourth-order valence-electron chi connectivity index (χ4n) is 0.0589. The average Bonchev–Trinajstić information content (AvgIpc) is 1.88. The van der Waals surface area contributed by atoms with Crippen LogP contribution in [0.15, 0.2) is 0 Å². The number of hydrogen-bond donors (Lipinski definition) is 2. The lowest BCUT2D eigenvalue weighted by Gasteiger charge is -1.91. The van der Waals surface area contributed by atoms with Gasteiger partial charge >= 0.3 is 0 Å². The van der Waals surface area contributed by atoms with Gasteiger partial charge in [0.25, 0.3) is 0 Å². The predicted molar refractivity (Wildman–Crippen MR) is 53.6 cm³/mol. The molecule has 0 spiro atoms. The summed E-state index contributed by atoms with van der Waals surface area (Å²) in [4.78, 5) is 0. The average molecular weight is 198 g/mol. The number of nitrogens with two attached hydrogens (primary N) is 1. The SMILES string of the molecule is CSC(=S)NN.S=C=S. The van der Waals surface area contributed by atoms with Crippen molar-refractivity contribution in [3.05, 3.63) is 0 Å². The maximum atomic E-state index is 4.87. The molecule has 2 nitrogen and oxygen atoms in total. The molecule has 3 N–H and O–H groups in total. The third-order valence-corrected chi connectivity index (χ3v) is 1.41. The first-order valence-electron chi connectivity index (χ1n) is 1.76. The lowest BCUT2D eigenvalue weighted by molar-refractivity contribution is 1.07. The van der Waals surface area contributed by atoms with E-state index < -0.39 is 0 Å². The van der Waals surface area contributed by atoms with Crippen LogP contribution in [-0.4, -0.2) is 14.9 Å². The highest BCUT2D eigenvalue weighted by Gasteiger charge is 1.79. The first-order chi connectivity index (χ1) is 4.22. The van der Waals surface area contributed by atoms with E-state index in [0.29, 0.717) is 4.32 Å². The fraction of sp³-hybridized carbons (Fsp3) is 0.333. The highest BCUT2D eigenvalue weighted by molar-refractivity contribution is 8.22. The normalized spacial score (nSPS) is 6.00. The van der Waals surface area contributed by atoms with Gasteiger partial charge in [0.15, 0.2) is 0 Å². The van der Waals surface area contributed by atoms with Crippen LogP contribution in [0.1, 0.15) is 0 Å². The van der Waals surface area contributed by atoms with E-state index in [1.54, 1.807) is 0 Å². The Kier molecular flexibility index (Phi) is 15.2. The monoisotopic (exact) mass is 198 g/mol. The highest BCUT2D eigenvalue weighted by atomic mass is 32.2. The van der Waals surface area contributed by atoms with Gasteiger partial charge in [0.05, 0.1) is 0 Å². The van der Waals surface area contributed by atoms with Crippen molar-refractivity contribution in [2.75, 3.05) is 6.26 Å². The van der Waals surface area contributed by atoms with Crippen molar-refractivity contribution in [3.8, 4) is 0 Å². The first-order valence-corrected chi connectivity index (χ1v) is 4.21. The van der Waals surface area contributed by atoms with E-state index >= 15 is 0 Å². The standard InChI is InChI=1S/C2H6N2S2.CS2/c1-6-2(5)4-3;2-1-3/h3H2,1H3,(H,4,5);. The van der Waals surface area contributed by atoms with E-state index in [0.717, 1.165) is 0 Å². The largest absolute Gasteiger partial charge is 0.309 e. The summed E-state index contributed by atoms with van der Waals surface area (Å²) in [5.41, 5.74) is 2.31. The second-order valence-corrected chi connectivity index (χ2v) is 2.87. The molecule has 0 radical (unpaired) electrons. The van der Waals surface area contributed by atoms with E-state index in [1.807, 2.05) is 10.6 Å². The van der Waals surface area contributed by atoms with Crippen LogP contribution in [-0.2, 0) is 0 Å². The lowest BCUT2D eigenvalue weighted by Crippen LogP contribution is -2.25. The molecule has 0 aliphatic rings. The second kappa shape index (κ2) is 11.2. The molecule has 9 heavy (non-hydrogen) atoms.